The highest BCUT2D eigenvalue weighted by Crippen LogP contribution is 2.39. The van der Waals surface area contributed by atoms with E-state index in [2.05, 4.69) is 23.3 Å². The predicted molar refractivity (Wildman–Crippen MR) is 84.8 cm³/mol. The lowest BCUT2D eigenvalue weighted by atomic mass is 9.74. The number of hydrogen-bond donors (Lipinski definition) is 2. The molecule has 3 heteroatoms. The van der Waals surface area contributed by atoms with Crippen LogP contribution in [0.15, 0.2) is 0 Å². The van der Waals surface area contributed by atoms with Crippen LogP contribution < -0.4 is 5.32 Å². The SMILES string of the molecule is CSC1(CNCC2(CO)CCCCC2)CCCCC1. The first-order chi connectivity index (χ1) is 9.24. The number of thioether (sulfide) groups is 1. The van der Waals surface area contributed by atoms with Crippen molar-refractivity contribution in [3.8, 4) is 0 Å². The Bertz CT molecular complexity index is 231. The van der Waals surface area contributed by atoms with Gasteiger partial charge < -0.3 is 10.4 Å². The monoisotopic (exact) mass is 285 g/mol. The molecule has 2 fully saturated rings. The third kappa shape index (κ3) is 4.12. The summed E-state index contributed by atoms with van der Waals surface area (Å²) in [5.74, 6) is 0. The molecule has 0 atom stereocenters. The van der Waals surface area contributed by atoms with Crippen LogP contribution in [0.3, 0.4) is 0 Å². The van der Waals surface area contributed by atoms with Gasteiger partial charge in [-0.2, -0.15) is 11.8 Å². The Labute approximate surface area is 123 Å². The first-order valence-corrected chi connectivity index (χ1v) is 9.34. The van der Waals surface area contributed by atoms with Crippen LogP contribution in [0.25, 0.3) is 0 Å². The molecule has 0 saturated heterocycles. The first-order valence-electron chi connectivity index (χ1n) is 8.11. The van der Waals surface area contributed by atoms with Crippen LogP contribution in [0, 0.1) is 5.41 Å². The van der Waals surface area contributed by atoms with Crippen LogP contribution in [-0.4, -0.2) is 35.8 Å². The zero-order chi connectivity index (χ0) is 13.6. The van der Waals surface area contributed by atoms with Gasteiger partial charge in [0.2, 0.25) is 0 Å². The predicted octanol–water partition coefficient (Wildman–Crippen LogP) is 3.58. The van der Waals surface area contributed by atoms with Gasteiger partial charge in [0.25, 0.3) is 0 Å². The molecule has 0 radical (unpaired) electrons. The average molecular weight is 285 g/mol. The van der Waals surface area contributed by atoms with Crippen molar-refractivity contribution in [1.82, 2.24) is 5.32 Å². The maximum atomic E-state index is 9.75. The molecule has 0 aromatic rings. The van der Waals surface area contributed by atoms with Gasteiger partial charge >= 0.3 is 0 Å². The molecule has 19 heavy (non-hydrogen) atoms. The van der Waals surface area contributed by atoms with E-state index in [1.807, 2.05) is 0 Å². The highest BCUT2D eigenvalue weighted by molar-refractivity contribution is 8.00. The maximum absolute atomic E-state index is 9.75. The zero-order valence-corrected chi connectivity index (χ0v) is 13.4. The summed E-state index contributed by atoms with van der Waals surface area (Å²) in [6.07, 6.45) is 15.6. The molecule has 2 aliphatic carbocycles. The number of hydrogen-bond acceptors (Lipinski definition) is 3. The van der Waals surface area contributed by atoms with E-state index < -0.39 is 0 Å². The van der Waals surface area contributed by atoms with Crippen molar-refractivity contribution < 1.29 is 5.11 Å². The summed E-state index contributed by atoms with van der Waals surface area (Å²) in [6.45, 7) is 2.52. The Balaban J connectivity index is 1.80. The van der Waals surface area contributed by atoms with Crippen molar-refractivity contribution in [3.63, 3.8) is 0 Å². The molecule has 112 valence electrons. The van der Waals surface area contributed by atoms with E-state index in [4.69, 9.17) is 0 Å². The zero-order valence-electron chi connectivity index (χ0n) is 12.5. The maximum Gasteiger partial charge on any atom is 0.0499 e. The molecule has 2 nitrogen and oxygen atoms in total. The second-order valence-corrected chi connectivity index (χ2v) is 8.04. The Kier molecular flexibility index (Phi) is 6.04. The van der Waals surface area contributed by atoms with Crippen molar-refractivity contribution in [2.75, 3.05) is 26.0 Å². The third-order valence-corrected chi connectivity index (χ3v) is 6.81. The molecule has 0 aromatic carbocycles. The molecule has 2 rings (SSSR count). The van der Waals surface area contributed by atoms with Gasteiger partial charge in [-0.1, -0.05) is 38.5 Å². The third-order valence-electron chi connectivity index (χ3n) is 5.39. The lowest BCUT2D eigenvalue weighted by Crippen LogP contribution is -2.45. The van der Waals surface area contributed by atoms with Gasteiger partial charge in [0.1, 0.15) is 0 Å². The minimum atomic E-state index is 0.187. The topological polar surface area (TPSA) is 32.3 Å². The van der Waals surface area contributed by atoms with Gasteiger partial charge in [0.05, 0.1) is 0 Å². The van der Waals surface area contributed by atoms with E-state index >= 15 is 0 Å². The highest BCUT2D eigenvalue weighted by atomic mass is 32.2. The van der Waals surface area contributed by atoms with E-state index in [0.717, 1.165) is 13.1 Å². The van der Waals surface area contributed by atoms with E-state index in [1.165, 1.54) is 64.2 Å². The quantitative estimate of drug-likeness (QED) is 0.782. The van der Waals surface area contributed by atoms with Crippen molar-refractivity contribution >= 4 is 11.8 Å². The van der Waals surface area contributed by atoms with Crippen LogP contribution >= 0.6 is 11.8 Å². The molecule has 0 bridgehead atoms. The standard InChI is InChI=1S/C16H31NOS/c1-19-16(10-6-3-7-11-16)13-17-12-15(14-18)8-4-2-5-9-15/h17-18H,2-14H2,1H3. The molecule has 0 amide bonds. The molecule has 0 heterocycles. The van der Waals surface area contributed by atoms with Crippen LogP contribution in [-0.2, 0) is 0 Å². The molecule has 0 spiro atoms. The van der Waals surface area contributed by atoms with Crippen molar-refractivity contribution in [2.24, 2.45) is 5.41 Å². The van der Waals surface area contributed by atoms with E-state index in [9.17, 15) is 5.11 Å². The molecule has 2 N–H and O–H groups in total. The first kappa shape index (κ1) is 15.7. The summed E-state index contributed by atoms with van der Waals surface area (Å²) in [6, 6.07) is 0. The van der Waals surface area contributed by atoms with Gasteiger partial charge in [-0.15, -0.1) is 0 Å². The van der Waals surface area contributed by atoms with Gasteiger partial charge in [0, 0.05) is 29.9 Å². The van der Waals surface area contributed by atoms with Crippen LogP contribution in [0.2, 0.25) is 0 Å². The smallest absolute Gasteiger partial charge is 0.0499 e. The summed E-state index contributed by atoms with van der Waals surface area (Å²) in [5.41, 5.74) is 0.187. The average Bonchev–Trinajstić information content (AvgIpc) is 2.49. The number of aliphatic hydroxyl groups excluding tert-OH is 1. The van der Waals surface area contributed by atoms with E-state index in [1.54, 1.807) is 0 Å². The van der Waals surface area contributed by atoms with Crippen molar-refractivity contribution in [2.45, 2.75) is 69.0 Å². The summed E-state index contributed by atoms with van der Waals surface area (Å²) >= 11 is 2.06. The Hall–Kier alpha value is 0.270. The fourth-order valence-electron chi connectivity index (χ4n) is 3.90. The van der Waals surface area contributed by atoms with Crippen LogP contribution in [0.5, 0.6) is 0 Å². The second-order valence-electron chi connectivity index (χ2n) is 6.77. The largest absolute Gasteiger partial charge is 0.396 e. The summed E-state index contributed by atoms with van der Waals surface area (Å²) in [4.78, 5) is 0. The molecule has 0 aliphatic heterocycles. The van der Waals surface area contributed by atoms with Crippen LogP contribution in [0.4, 0.5) is 0 Å². The van der Waals surface area contributed by atoms with Crippen LogP contribution in [0.1, 0.15) is 64.2 Å². The number of nitrogens with one attached hydrogen (secondary N) is 1. The van der Waals surface area contributed by atoms with Gasteiger partial charge in [-0.05, 0) is 31.9 Å². The second kappa shape index (κ2) is 7.33. The van der Waals surface area contributed by atoms with Crippen molar-refractivity contribution in [3.05, 3.63) is 0 Å². The van der Waals surface area contributed by atoms with Gasteiger partial charge in [0.15, 0.2) is 0 Å². The fraction of sp³-hybridized carbons (Fsp3) is 1.00. The number of rotatable bonds is 6. The normalized spacial score (nSPS) is 26.2. The van der Waals surface area contributed by atoms with Crippen molar-refractivity contribution in [1.29, 1.82) is 0 Å². The molecular formula is C16H31NOS. The molecule has 0 aromatic heterocycles. The fourth-order valence-corrected chi connectivity index (χ4v) is 4.84. The van der Waals surface area contributed by atoms with E-state index in [-0.39, 0.29) is 5.41 Å². The number of aliphatic hydroxyl groups is 1. The summed E-state index contributed by atoms with van der Waals surface area (Å²) in [5, 5.41) is 13.5. The Morgan fingerprint density at radius 1 is 0.895 bits per heavy atom. The van der Waals surface area contributed by atoms with E-state index in [0.29, 0.717) is 11.4 Å². The lowest BCUT2D eigenvalue weighted by Gasteiger charge is -2.39. The molecule has 2 saturated carbocycles. The lowest BCUT2D eigenvalue weighted by molar-refractivity contribution is 0.0804. The Morgan fingerprint density at radius 3 is 2.00 bits per heavy atom. The minimum Gasteiger partial charge on any atom is -0.396 e. The Morgan fingerprint density at radius 2 is 1.47 bits per heavy atom. The molecule has 2 aliphatic rings. The minimum absolute atomic E-state index is 0.187. The summed E-state index contributed by atoms with van der Waals surface area (Å²) in [7, 11) is 0. The summed E-state index contributed by atoms with van der Waals surface area (Å²) < 4.78 is 0.476. The molecular weight excluding hydrogens is 254 g/mol. The highest BCUT2D eigenvalue weighted by Gasteiger charge is 2.34. The van der Waals surface area contributed by atoms with Gasteiger partial charge in [-0.3, -0.25) is 0 Å². The molecule has 0 unspecified atom stereocenters. The van der Waals surface area contributed by atoms with Gasteiger partial charge in [-0.25, -0.2) is 0 Å².